The van der Waals surface area contributed by atoms with E-state index in [1.165, 1.54) is 109 Å². The highest BCUT2D eigenvalue weighted by atomic mass is 16.8. The fraction of sp³-hybridized carbons (Fsp3) is 0.904. The van der Waals surface area contributed by atoms with Gasteiger partial charge in [-0.25, -0.2) is 9.59 Å². The van der Waals surface area contributed by atoms with Gasteiger partial charge in [-0.05, 0) is 19.3 Å². The number of ether oxygens (including phenoxy) is 14. The fourth-order valence-electron chi connectivity index (χ4n) is 19.1. The van der Waals surface area contributed by atoms with Gasteiger partial charge < -0.3 is 215 Å². The number of amides is 5. The van der Waals surface area contributed by atoms with Crippen LogP contribution in [-0.2, 0) is 99.9 Å². The quantitative estimate of drug-likeness (QED) is 0.0199. The van der Waals surface area contributed by atoms with Crippen LogP contribution in [0.4, 0.5) is 0 Å². The number of aliphatic carboxylic acids is 2. The number of carbonyl (C=O) groups excluding carboxylic acids is 5. The summed E-state index contributed by atoms with van der Waals surface area (Å²) in [6, 6.07) is -9.38. The first-order valence-corrected chi connectivity index (χ1v) is 50.9. The smallest absolute Gasteiger partial charge is 0.364 e. The zero-order chi connectivity index (χ0) is 106. The first kappa shape index (κ1) is 125. The number of hydrogen-bond donors (Lipinski definition) is 29. The Kier molecular flexibility index (Phi) is 55.6. The minimum absolute atomic E-state index is 0.0705. The van der Waals surface area contributed by atoms with Gasteiger partial charge in [0.2, 0.25) is 29.5 Å². The summed E-state index contributed by atoms with van der Waals surface area (Å²) in [6.07, 6.45) is -41.8. The second-order valence-corrected chi connectivity index (χ2v) is 38.5. The molecule has 29 N–H and O–H groups in total. The lowest BCUT2D eigenvalue weighted by atomic mass is 9.88. The molecule has 7 aliphatic rings. The fourth-order valence-corrected chi connectivity index (χ4v) is 19.1. The molecule has 7 saturated heterocycles. The van der Waals surface area contributed by atoms with Crippen LogP contribution in [0.3, 0.4) is 0 Å². The number of nitrogens with one attached hydrogen (secondary N) is 5. The Balaban J connectivity index is 1.22. The minimum atomic E-state index is -3.59. The summed E-state index contributed by atoms with van der Waals surface area (Å²) in [4.78, 5) is 94.1. The summed E-state index contributed by atoms with van der Waals surface area (Å²) in [7, 11) is 0. The number of aliphatic hydroxyl groups is 22. The predicted molar refractivity (Wildman–Crippen MR) is 495 cm³/mol. The summed E-state index contributed by atoms with van der Waals surface area (Å²) in [5.74, 6) is -16.6. The van der Waals surface area contributed by atoms with Crippen molar-refractivity contribution in [3.8, 4) is 0 Å². The van der Waals surface area contributed by atoms with Crippen LogP contribution in [0, 0.1) is 0 Å². The van der Waals surface area contributed by atoms with Crippen molar-refractivity contribution in [2.24, 2.45) is 0 Å². The van der Waals surface area contributed by atoms with Gasteiger partial charge in [-0.2, -0.15) is 0 Å². The molecule has 7 fully saturated rings. The van der Waals surface area contributed by atoms with Crippen LogP contribution in [0.2, 0.25) is 0 Å². The molecule has 0 aromatic heterocycles. The summed E-state index contributed by atoms with van der Waals surface area (Å²) >= 11 is 0. The number of unbranched alkanes of at least 4 members (excludes halogenated alkanes) is 27. The molecule has 0 saturated carbocycles. The van der Waals surface area contributed by atoms with Crippen LogP contribution in [0.5, 0.6) is 0 Å². The van der Waals surface area contributed by atoms with E-state index in [1.54, 1.807) is 6.08 Å². The standard InChI is InChI=1S/C94H165N5O45/c1-6-8-10-12-14-16-18-20-21-22-23-25-27-29-31-33-35-37-63(116)98-52(53(111)36-34-32-30-28-26-24-19-17-15-13-11-9-7-2)48-131-88-75(124)74(123)78(60(44-104)134-88)137-89-76(125)84(143-93(91(127)128)38-54(112)65(95-49(3)108)82(141-93)69(118)56(114)40-100)80(62(46-106)135-89)139-87-68(97-51(5)110)81(72(121)59(43-103)133-87)140-90-77(126)85(79(61(45-105)136-90)138-86-67(96-50(4)109)73(122)71(120)58(42-102)132-86)144-94(92(129)130)39-55(113)66(99-64(117)47-107)83(142-94)70(119)57(115)41-101/h34,36,52-62,65-90,100-107,111-115,118-126H,6-33,35,37-48H2,1-5H3,(H,95,108)(H,96,109)(H,97,110)(H,98,116)(H,99,117)(H,127,128)(H,129,130)/b36-34+/t52-,53+,54?,55?,56+,57+,58?,59?,60?,61?,62?,65+,66+,67?,68?,69+,70+,71-,72-,73+,74+,75?,76?,77?,78+,79-,80-,81+,82?,83?,84+,85+,86-,87-,88+,89-,90-,93-,94-/m0/s1. The van der Waals surface area contributed by atoms with E-state index in [1.807, 2.05) is 0 Å². The molecule has 0 spiro atoms. The Bertz CT molecular complexity index is 3730. The average Bonchev–Trinajstić information content (AvgIpc) is 0.745. The third kappa shape index (κ3) is 36.1. The van der Waals surface area contributed by atoms with Crippen molar-refractivity contribution in [3.05, 3.63) is 12.2 Å². The van der Waals surface area contributed by atoms with Gasteiger partial charge in [-0.3, -0.25) is 24.0 Å². The van der Waals surface area contributed by atoms with Crippen LogP contribution in [0.15, 0.2) is 12.2 Å². The molecule has 50 heteroatoms. The van der Waals surface area contributed by atoms with Crippen LogP contribution in [0.1, 0.15) is 240 Å². The van der Waals surface area contributed by atoms with E-state index in [0.29, 0.717) is 12.8 Å². The highest BCUT2D eigenvalue weighted by molar-refractivity contribution is 5.79. The van der Waals surface area contributed by atoms with Gasteiger partial charge in [0.25, 0.3) is 11.6 Å². The Labute approximate surface area is 836 Å². The number of hydrogen-bond acceptors (Lipinski definition) is 43. The van der Waals surface area contributed by atoms with Gasteiger partial charge >= 0.3 is 11.9 Å². The van der Waals surface area contributed by atoms with Crippen LogP contribution < -0.4 is 26.6 Å². The highest BCUT2D eigenvalue weighted by Gasteiger charge is 2.65. The van der Waals surface area contributed by atoms with Crippen LogP contribution in [-0.4, -0.2) is 462 Å². The van der Waals surface area contributed by atoms with Crippen molar-refractivity contribution in [1.29, 1.82) is 0 Å². The van der Waals surface area contributed by atoms with E-state index in [-0.39, 0.29) is 6.42 Å². The Morgan fingerprint density at radius 3 is 1.12 bits per heavy atom. The molecule has 39 atom stereocenters. The lowest BCUT2D eigenvalue weighted by Gasteiger charge is -2.53. The van der Waals surface area contributed by atoms with E-state index in [2.05, 4.69) is 40.4 Å². The zero-order valence-electron chi connectivity index (χ0n) is 82.8. The summed E-state index contributed by atoms with van der Waals surface area (Å²) in [5.41, 5.74) is 0. The third-order valence-corrected chi connectivity index (χ3v) is 27.2. The second kappa shape index (κ2) is 63.8. The minimum Gasteiger partial charge on any atom is -0.477 e. The molecule has 144 heavy (non-hydrogen) atoms. The topological polar surface area (TPSA) is 794 Å². The monoisotopic (exact) mass is 2080 g/mol. The maximum Gasteiger partial charge on any atom is 0.364 e. The SMILES string of the molecule is CCCCCCCCCCCCC/C=C/[C@@H](O)[C@H](CO[C@@H]1OC(CO)[C@@H](O[C@@H]2OC(CO)[C@H](O[C@@H]3OC(CO)[C@H](O)[C@H](O[C@@H]4OC(CO)[C@H](O[C@@H]5OC(CO)[C@H](O)[C@H](O)C5NC(C)=O)[C@H](O[C@]5(C(=O)O)CC(O)[C@@H](NC(=O)CO)C([C@H](O)[C@H](O)CO)O5)C4O)C3NC(C)=O)[C@H](O[C@]3(C(=O)O)CC(O)[C@@H](NC(C)=O)C([C@H](O)[C@H](O)CO)O3)C2O)[C@H](O)C1O)NC(=O)CCCCCCCCCCCCCCCCCCC. The molecule has 7 aliphatic heterocycles. The lowest BCUT2D eigenvalue weighted by molar-refractivity contribution is -0.408. The largest absolute Gasteiger partial charge is 0.477 e. The maximum absolute atomic E-state index is 14.2. The number of carboxylic acids is 2. The molecule has 836 valence electrons. The van der Waals surface area contributed by atoms with E-state index >= 15 is 0 Å². The number of allylic oxidation sites excluding steroid dienone is 1. The Hall–Kier alpha value is -5.41. The molecule has 0 aromatic carbocycles. The van der Waals surface area contributed by atoms with Gasteiger partial charge in [0.1, 0.15) is 165 Å². The number of rotatable bonds is 66. The molecule has 50 nitrogen and oxygen atoms in total. The van der Waals surface area contributed by atoms with E-state index in [9.17, 15) is 156 Å². The normalized spacial score (nSPS) is 35.6. The van der Waals surface area contributed by atoms with Crippen molar-refractivity contribution < 1.29 is 222 Å². The van der Waals surface area contributed by atoms with Crippen LogP contribution in [0.25, 0.3) is 0 Å². The molecule has 7 heterocycles. The van der Waals surface area contributed by atoms with Crippen molar-refractivity contribution in [2.45, 2.75) is 478 Å². The first-order chi connectivity index (χ1) is 68.7. The van der Waals surface area contributed by atoms with Crippen molar-refractivity contribution in [1.82, 2.24) is 26.6 Å². The van der Waals surface area contributed by atoms with Crippen molar-refractivity contribution in [2.75, 3.05) is 59.5 Å². The molecule has 7 rings (SSSR count). The average molecular weight is 2090 g/mol. The van der Waals surface area contributed by atoms with Crippen molar-refractivity contribution in [3.63, 3.8) is 0 Å². The van der Waals surface area contributed by atoms with Gasteiger partial charge in [-0.1, -0.05) is 193 Å². The predicted octanol–water partition coefficient (Wildman–Crippen LogP) is -6.15. The lowest BCUT2D eigenvalue weighted by Crippen LogP contribution is -2.73. The molecule has 0 bridgehead atoms. The maximum atomic E-state index is 14.2. The van der Waals surface area contributed by atoms with Gasteiger partial charge in [-0.15, -0.1) is 0 Å². The zero-order valence-corrected chi connectivity index (χ0v) is 82.8. The number of carbonyl (C=O) groups is 7. The summed E-state index contributed by atoms with van der Waals surface area (Å²) in [6.45, 7) is -3.95. The molecule has 0 aliphatic carbocycles. The van der Waals surface area contributed by atoms with Gasteiger partial charge in [0.15, 0.2) is 31.5 Å². The molecule has 14 unspecified atom stereocenters. The number of aliphatic hydroxyl groups excluding tert-OH is 22. The molecular weight excluding hydrogens is 1920 g/mol. The van der Waals surface area contributed by atoms with E-state index in [4.69, 9.17) is 66.3 Å². The van der Waals surface area contributed by atoms with E-state index in [0.717, 1.165) is 91.4 Å². The van der Waals surface area contributed by atoms with E-state index < -0.39 is 352 Å². The van der Waals surface area contributed by atoms with Crippen LogP contribution >= 0.6 is 0 Å². The van der Waals surface area contributed by atoms with Gasteiger partial charge in [0.05, 0.1) is 89.3 Å². The van der Waals surface area contributed by atoms with Crippen molar-refractivity contribution >= 4 is 41.5 Å². The Morgan fingerprint density at radius 2 is 0.722 bits per heavy atom. The third-order valence-electron chi connectivity index (χ3n) is 27.2. The molecular formula is C94H165N5O45. The number of carboxylic acid groups (broad SMARTS) is 2. The highest BCUT2D eigenvalue weighted by Crippen LogP contribution is 2.45. The first-order valence-electron chi connectivity index (χ1n) is 50.9. The molecule has 0 radical (unpaired) electrons. The molecule has 0 aromatic rings. The summed E-state index contributed by atoms with van der Waals surface area (Å²) in [5, 5.41) is 285. The van der Waals surface area contributed by atoms with Gasteiger partial charge in [0, 0.05) is 40.0 Å². The molecule has 5 amide bonds. The summed E-state index contributed by atoms with van der Waals surface area (Å²) < 4.78 is 85.8. The Morgan fingerprint density at radius 1 is 0.368 bits per heavy atom. The second-order valence-electron chi connectivity index (χ2n) is 38.5.